The van der Waals surface area contributed by atoms with E-state index in [4.69, 9.17) is 5.21 Å². The molecule has 2 aromatic rings. The van der Waals surface area contributed by atoms with E-state index in [0.717, 1.165) is 17.0 Å². The number of benzene rings is 1. The second-order valence-corrected chi connectivity index (χ2v) is 3.35. The van der Waals surface area contributed by atoms with Gasteiger partial charge in [0.25, 0.3) is 0 Å². The summed E-state index contributed by atoms with van der Waals surface area (Å²) in [6.45, 7) is 0.420. The molecule has 0 unspecified atom stereocenters. The zero-order valence-corrected chi connectivity index (χ0v) is 8.51. The van der Waals surface area contributed by atoms with E-state index in [1.807, 2.05) is 42.1 Å². The van der Waals surface area contributed by atoms with Crippen LogP contribution in [0.2, 0.25) is 0 Å². The molecule has 0 amide bonds. The van der Waals surface area contributed by atoms with Gasteiger partial charge in [0.2, 0.25) is 0 Å². The van der Waals surface area contributed by atoms with Crippen molar-refractivity contribution in [2.45, 2.75) is 6.54 Å². The van der Waals surface area contributed by atoms with Gasteiger partial charge < -0.3 is 9.77 Å². The monoisotopic (exact) mass is 203 g/mol. The summed E-state index contributed by atoms with van der Waals surface area (Å²) < 4.78 is 1.95. The molecule has 1 aromatic heterocycles. The molecular formula is C11H13N3O. The fraction of sp³-hybridized carbons (Fsp3) is 0.182. The normalized spacial score (nSPS) is 10.5. The van der Waals surface area contributed by atoms with Gasteiger partial charge in [-0.3, -0.25) is 0 Å². The molecule has 2 N–H and O–H groups in total. The van der Waals surface area contributed by atoms with E-state index in [2.05, 4.69) is 10.5 Å². The Morgan fingerprint density at radius 2 is 2.20 bits per heavy atom. The molecule has 0 spiro atoms. The van der Waals surface area contributed by atoms with Crippen LogP contribution in [0.5, 0.6) is 0 Å². The van der Waals surface area contributed by atoms with E-state index < -0.39 is 0 Å². The molecule has 0 bridgehead atoms. The molecule has 0 saturated heterocycles. The van der Waals surface area contributed by atoms with Crippen molar-refractivity contribution in [1.29, 1.82) is 0 Å². The van der Waals surface area contributed by atoms with Gasteiger partial charge in [-0.15, -0.1) is 0 Å². The van der Waals surface area contributed by atoms with Crippen LogP contribution in [0.3, 0.4) is 0 Å². The molecule has 78 valence electrons. The number of imidazole rings is 1. The average molecular weight is 203 g/mol. The summed E-state index contributed by atoms with van der Waals surface area (Å²) in [7, 11) is 1.95. The summed E-state index contributed by atoms with van der Waals surface area (Å²) in [5.41, 5.74) is 4.23. The number of aryl methyl sites for hydroxylation is 1. The van der Waals surface area contributed by atoms with Crippen LogP contribution in [0.15, 0.2) is 36.7 Å². The van der Waals surface area contributed by atoms with Crippen molar-refractivity contribution in [3.05, 3.63) is 42.2 Å². The molecular weight excluding hydrogens is 190 g/mol. The Hall–Kier alpha value is -1.65. The zero-order valence-electron chi connectivity index (χ0n) is 8.51. The van der Waals surface area contributed by atoms with Gasteiger partial charge in [0.05, 0.1) is 0 Å². The Morgan fingerprint density at radius 3 is 2.87 bits per heavy atom. The summed E-state index contributed by atoms with van der Waals surface area (Å²) in [6, 6.07) is 7.87. The molecule has 0 aliphatic heterocycles. The smallest absolute Gasteiger partial charge is 0.139 e. The van der Waals surface area contributed by atoms with Crippen LogP contribution in [0.25, 0.3) is 11.4 Å². The second kappa shape index (κ2) is 4.25. The van der Waals surface area contributed by atoms with Crippen LogP contribution >= 0.6 is 0 Å². The highest BCUT2D eigenvalue weighted by Gasteiger charge is 2.07. The molecule has 0 atom stereocenters. The number of rotatable bonds is 3. The van der Waals surface area contributed by atoms with Crippen LogP contribution in [-0.4, -0.2) is 14.8 Å². The molecule has 1 aromatic carbocycles. The molecule has 0 radical (unpaired) electrons. The van der Waals surface area contributed by atoms with Crippen LogP contribution in [0.1, 0.15) is 5.56 Å². The highest BCUT2D eigenvalue weighted by molar-refractivity contribution is 5.60. The molecule has 4 nitrogen and oxygen atoms in total. The number of aromatic nitrogens is 2. The highest BCUT2D eigenvalue weighted by Crippen LogP contribution is 2.21. The number of hydrogen-bond donors (Lipinski definition) is 2. The largest absolute Gasteiger partial charge is 0.334 e. The molecule has 2 rings (SSSR count). The number of hydrogen-bond acceptors (Lipinski definition) is 3. The van der Waals surface area contributed by atoms with Crippen LogP contribution < -0.4 is 5.48 Å². The van der Waals surface area contributed by atoms with E-state index in [1.165, 1.54) is 0 Å². The maximum Gasteiger partial charge on any atom is 0.139 e. The van der Waals surface area contributed by atoms with Crippen molar-refractivity contribution in [1.82, 2.24) is 15.0 Å². The van der Waals surface area contributed by atoms with Gasteiger partial charge in [0.1, 0.15) is 5.82 Å². The molecule has 0 aliphatic rings. The summed E-state index contributed by atoms with van der Waals surface area (Å²) >= 11 is 0. The van der Waals surface area contributed by atoms with Gasteiger partial charge in [-0.05, 0) is 5.56 Å². The lowest BCUT2D eigenvalue weighted by Crippen LogP contribution is -2.08. The molecule has 4 heteroatoms. The number of nitrogens with one attached hydrogen (secondary N) is 1. The Morgan fingerprint density at radius 1 is 1.40 bits per heavy atom. The third-order valence-corrected chi connectivity index (χ3v) is 2.35. The summed E-state index contributed by atoms with van der Waals surface area (Å²) in [5, 5.41) is 8.73. The van der Waals surface area contributed by atoms with Gasteiger partial charge in [0, 0.05) is 31.5 Å². The first-order chi connectivity index (χ1) is 7.33. The molecule has 0 aliphatic carbocycles. The van der Waals surface area contributed by atoms with Gasteiger partial charge >= 0.3 is 0 Å². The predicted octanol–water partition coefficient (Wildman–Crippen LogP) is 1.57. The van der Waals surface area contributed by atoms with E-state index in [9.17, 15) is 0 Å². The number of nitrogens with zero attached hydrogens (tertiary/aromatic N) is 2. The van der Waals surface area contributed by atoms with Crippen LogP contribution in [0, 0.1) is 0 Å². The standard InChI is InChI=1S/C11H13N3O/c1-14-7-6-12-11(14)10-5-3-2-4-9(10)8-13-15/h2-7,13,15H,8H2,1H3. The van der Waals surface area contributed by atoms with Crippen LogP contribution in [-0.2, 0) is 13.6 Å². The molecule has 15 heavy (non-hydrogen) atoms. The predicted molar refractivity (Wildman–Crippen MR) is 57.3 cm³/mol. The van der Waals surface area contributed by atoms with E-state index in [-0.39, 0.29) is 0 Å². The first kappa shape index (κ1) is 9.89. The highest BCUT2D eigenvalue weighted by atomic mass is 16.5. The Bertz CT molecular complexity index is 451. The minimum absolute atomic E-state index is 0.420. The van der Waals surface area contributed by atoms with Gasteiger partial charge in [-0.2, -0.15) is 0 Å². The summed E-state index contributed by atoms with van der Waals surface area (Å²) in [5.74, 6) is 0.904. The lowest BCUT2D eigenvalue weighted by atomic mass is 10.1. The fourth-order valence-electron chi connectivity index (χ4n) is 1.60. The van der Waals surface area contributed by atoms with E-state index >= 15 is 0 Å². The lowest BCUT2D eigenvalue weighted by Gasteiger charge is -2.08. The van der Waals surface area contributed by atoms with E-state index in [1.54, 1.807) is 6.20 Å². The van der Waals surface area contributed by atoms with Gasteiger partial charge in [0.15, 0.2) is 0 Å². The van der Waals surface area contributed by atoms with Gasteiger partial charge in [-0.1, -0.05) is 24.3 Å². The maximum absolute atomic E-state index is 8.73. The first-order valence-electron chi connectivity index (χ1n) is 4.75. The first-order valence-corrected chi connectivity index (χ1v) is 4.75. The second-order valence-electron chi connectivity index (χ2n) is 3.35. The number of hydroxylamine groups is 1. The quantitative estimate of drug-likeness (QED) is 0.744. The topological polar surface area (TPSA) is 50.1 Å². The SMILES string of the molecule is Cn1ccnc1-c1ccccc1CNO. The minimum Gasteiger partial charge on any atom is -0.334 e. The lowest BCUT2D eigenvalue weighted by molar-refractivity contribution is 0.161. The van der Waals surface area contributed by atoms with E-state index in [0.29, 0.717) is 6.54 Å². The third kappa shape index (κ3) is 1.91. The van der Waals surface area contributed by atoms with Crippen molar-refractivity contribution in [3.63, 3.8) is 0 Å². The third-order valence-electron chi connectivity index (χ3n) is 2.35. The fourth-order valence-corrected chi connectivity index (χ4v) is 1.60. The molecule has 0 saturated carbocycles. The Labute approximate surface area is 88.2 Å². The van der Waals surface area contributed by atoms with Gasteiger partial charge in [-0.25, -0.2) is 10.5 Å². The minimum atomic E-state index is 0.420. The van der Waals surface area contributed by atoms with Crippen molar-refractivity contribution < 1.29 is 5.21 Å². The summed E-state index contributed by atoms with van der Waals surface area (Å²) in [4.78, 5) is 4.28. The zero-order chi connectivity index (χ0) is 10.7. The molecule has 0 fully saturated rings. The van der Waals surface area contributed by atoms with Crippen molar-refractivity contribution >= 4 is 0 Å². The molecule has 1 heterocycles. The maximum atomic E-state index is 8.73. The average Bonchev–Trinajstić information content (AvgIpc) is 2.66. The van der Waals surface area contributed by atoms with Crippen molar-refractivity contribution in [2.24, 2.45) is 7.05 Å². The van der Waals surface area contributed by atoms with Crippen LogP contribution in [0.4, 0.5) is 0 Å². The Balaban J connectivity index is 2.48. The Kier molecular flexibility index (Phi) is 2.80. The summed E-state index contributed by atoms with van der Waals surface area (Å²) in [6.07, 6.45) is 3.66. The van der Waals surface area contributed by atoms with Crippen molar-refractivity contribution in [3.8, 4) is 11.4 Å². The van der Waals surface area contributed by atoms with Crippen molar-refractivity contribution in [2.75, 3.05) is 0 Å².